The minimum absolute atomic E-state index is 0.00819. The molecule has 0 radical (unpaired) electrons. The third-order valence-corrected chi connectivity index (χ3v) is 7.90. The quantitative estimate of drug-likeness (QED) is 0.665. The molecular weight excluding hydrogens is 428 g/mol. The summed E-state index contributed by atoms with van der Waals surface area (Å²) in [5, 5.41) is 0. The highest BCUT2D eigenvalue weighted by atomic mass is 32.2. The van der Waals surface area contributed by atoms with Gasteiger partial charge in [0, 0.05) is 31.7 Å². The van der Waals surface area contributed by atoms with Crippen molar-refractivity contribution < 1.29 is 22.7 Å². The van der Waals surface area contributed by atoms with Gasteiger partial charge < -0.3 is 14.4 Å². The van der Waals surface area contributed by atoms with Crippen LogP contribution in [0.1, 0.15) is 41.8 Å². The van der Waals surface area contributed by atoms with E-state index in [2.05, 4.69) is 0 Å². The molecule has 172 valence electrons. The van der Waals surface area contributed by atoms with Gasteiger partial charge in [-0.05, 0) is 74.6 Å². The number of carbonyl (C=O) groups excluding carboxylic acids is 1. The molecule has 2 aliphatic rings. The Kier molecular flexibility index (Phi) is 6.44. The fourth-order valence-corrected chi connectivity index (χ4v) is 5.80. The number of fused-ring (bicyclic) bond motifs is 1. The monoisotopic (exact) mass is 458 g/mol. The summed E-state index contributed by atoms with van der Waals surface area (Å²) >= 11 is 0. The summed E-state index contributed by atoms with van der Waals surface area (Å²) in [5.74, 6) is 0.945. The lowest BCUT2D eigenvalue weighted by Gasteiger charge is -2.34. The number of piperazine rings is 1. The van der Waals surface area contributed by atoms with Gasteiger partial charge in [-0.3, -0.25) is 4.79 Å². The summed E-state index contributed by atoms with van der Waals surface area (Å²) in [4.78, 5) is 15.1. The van der Waals surface area contributed by atoms with E-state index in [1.165, 1.54) is 9.87 Å². The zero-order valence-corrected chi connectivity index (χ0v) is 19.7. The molecule has 0 atom stereocenters. The number of aryl methyl sites for hydroxylation is 2. The van der Waals surface area contributed by atoms with E-state index in [1.54, 1.807) is 36.3 Å². The topological polar surface area (TPSA) is 76.2 Å². The molecule has 1 fully saturated rings. The van der Waals surface area contributed by atoms with Crippen LogP contribution in [0.25, 0.3) is 0 Å². The maximum Gasteiger partial charge on any atom is 0.254 e. The van der Waals surface area contributed by atoms with Gasteiger partial charge in [0.2, 0.25) is 10.0 Å². The number of hydrogen-bond acceptors (Lipinski definition) is 5. The van der Waals surface area contributed by atoms with Crippen molar-refractivity contribution in [3.05, 3.63) is 53.1 Å². The number of hydrogen-bond donors (Lipinski definition) is 0. The number of carbonyl (C=O) groups is 1. The molecule has 2 aromatic rings. The molecule has 0 unspecified atom stereocenters. The van der Waals surface area contributed by atoms with Crippen LogP contribution in [-0.4, -0.2) is 62.9 Å². The molecule has 2 aromatic carbocycles. The highest BCUT2D eigenvalue weighted by Gasteiger charge is 2.31. The fourth-order valence-electron chi connectivity index (χ4n) is 4.32. The van der Waals surface area contributed by atoms with Crippen molar-refractivity contribution in [3.63, 3.8) is 0 Å². The molecule has 4 rings (SSSR count). The van der Waals surface area contributed by atoms with Crippen molar-refractivity contribution in [1.29, 1.82) is 0 Å². The third-order valence-electron chi connectivity index (χ3n) is 6.01. The second-order valence-electron chi connectivity index (χ2n) is 8.51. The van der Waals surface area contributed by atoms with Gasteiger partial charge in [0.1, 0.15) is 0 Å². The average molecular weight is 459 g/mol. The van der Waals surface area contributed by atoms with Crippen LogP contribution in [0.3, 0.4) is 0 Å². The number of benzene rings is 2. The summed E-state index contributed by atoms with van der Waals surface area (Å²) in [7, 11) is -2.03. The first-order valence-electron chi connectivity index (χ1n) is 11.1. The Labute approximate surface area is 190 Å². The van der Waals surface area contributed by atoms with Crippen LogP contribution < -0.4 is 9.47 Å². The minimum Gasteiger partial charge on any atom is -0.493 e. The summed E-state index contributed by atoms with van der Waals surface area (Å²) < 4.78 is 38.8. The first-order valence-corrected chi connectivity index (χ1v) is 12.5. The van der Waals surface area contributed by atoms with Crippen molar-refractivity contribution in [2.24, 2.45) is 0 Å². The molecule has 1 aliphatic carbocycles. The van der Waals surface area contributed by atoms with Crippen molar-refractivity contribution in [1.82, 2.24) is 9.21 Å². The van der Waals surface area contributed by atoms with E-state index < -0.39 is 10.0 Å². The second-order valence-corrected chi connectivity index (χ2v) is 10.5. The highest BCUT2D eigenvalue weighted by Crippen LogP contribution is 2.30. The van der Waals surface area contributed by atoms with Crippen LogP contribution in [0.4, 0.5) is 0 Å². The van der Waals surface area contributed by atoms with Gasteiger partial charge in [-0.1, -0.05) is 6.07 Å². The summed E-state index contributed by atoms with van der Waals surface area (Å²) in [5.41, 5.74) is 2.88. The van der Waals surface area contributed by atoms with Gasteiger partial charge in [-0.15, -0.1) is 0 Å². The van der Waals surface area contributed by atoms with Crippen molar-refractivity contribution in [3.8, 4) is 11.5 Å². The minimum atomic E-state index is -3.57. The maximum atomic E-state index is 13.1. The Morgan fingerprint density at radius 3 is 2.34 bits per heavy atom. The third kappa shape index (κ3) is 4.47. The molecule has 0 spiro atoms. The number of methoxy groups -OCH3 is 1. The summed E-state index contributed by atoms with van der Waals surface area (Å²) in [6, 6.07) is 10.6. The number of ether oxygens (including phenoxy) is 2. The summed E-state index contributed by atoms with van der Waals surface area (Å²) in [6.45, 7) is 5.09. The van der Waals surface area contributed by atoms with Gasteiger partial charge in [-0.2, -0.15) is 4.31 Å². The maximum absolute atomic E-state index is 13.1. The molecule has 0 N–H and O–H groups in total. The van der Waals surface area contributed by atoms with E-state index in [9.17, 15) is 13.2 Å². The number of amides is 1. The zero-order valence-electron chi connectivity index (χ0n) is 18.8. The van der Waals surface area contributed by atoms with E-state index in [0.717, 1.165) is 24.8 Å². The van der Waals surface area contributed by atoms with E-state index in [0.29, 0.717) is 35.0 Å². The van der Waals surface area contributed by atoms with Crippen LogP contribution in [0.2, 0.25) is 0 Å². The largest absolute Gasteiger partial charge is 0.493 e. The predicted octanol–water partition coefficient (Wildman–Crippen LogP) is 3.12. The molecule has 0 bridgehead atoms. The average Bonchev–Trinajstić information content (AvgIpc) is 3.26. The molecule has 7 nitrogen and oxygen atoms in total. The van der Waals surface area contributed by atoms with Gasteiger partial charge in [-0.25, -0.2) is 8.42 Å². The Morgan fingerprint density at radius 2 is 1.66 bits per heavy atom. The highest BCUT2D eigenvalue weighted by molar-refractivity contribution is 7.89. The van der Waals surface area contributed by atoms with E-state index in [1.807, 2.05) is 26.0 Å². The van der Waals surface area contributed by atoms with E-state index >= 15 is 0 Å². The zero-order chi connectivity index (χ0) is 22.9. The van der Waals surface area contributed by atoms with Crippen LogP contribution in [-0.2, 0) is 22.9 Å². The van der Waals surface area contributed by atoms with Crippen LogP contribution in [0.5, 0.6) is 11.5 Å². The normalized spacial score (nSPS) is 16.8. The molecule has 0 aromatic heterocycles. The standard InChI is InChI=1S/C24H30N2O5S/c1-17(2)31-22-10-8-20(16-23(22)30-3)24(27)25-11-13-26(14-12-25)32(28,29)21-9-7-18-5-4-6-19(18)15-21/h7-10,15-17H,4-6,11-14H2,1-3H3. The number of rotatable bonds is 6. The van der Waals surface area contributed by atoms with Crippen LogP contribution in [0.15, 0.2) is 41.3 Å². The molecule has 8 heteroatoms. The lowest BCUT2D eigenvalue weighted by molar-refractivity contribution is 0.0697. The van der Waals surface area contributed by atoms with E-state index in [4.69, 9.17) is 9.47 Å². The molecule has 1 heterocycles. The molecule has 1 amide bonds. The van der Waals surface area contributed by atoms with Crippen molar-refractivity contribution >= 4 is 15.9 Å². The first-order chi connectivity index (χ1) is 15.3. The van der Waals surface area contributed by atoms with Crippen molar-refractivity contribution in [2.75, 3.05) is 33.3 Å². The Morgan fingerprint density at radius 1 is 0.938 bits per heavy atom. The SMILES string of the molecule is COc1cc(C(=O)N2CCN(S(=O)(=O)c3ccc4c(c3)CCC4)CC2)ccc1OC(C)C. The smallest absolute Gasteiger partial charge is 0.254 e. The van der Waals surface area contributed by atoms with Crippen LogP contribution >= 0.6 is 0 Å². The lowest BCUT2D eigenvalue weighted by atomic mass is 10.1. The fraction of sp³-hybridized carbons (Fsp3) is 0.458. The summed E-state index contributed by atoms with van der Waals surface area (Å²) in [6.07, 6.45) is 3.03. The van der Waals surface area contributed by atoms with Gasteiger partial charge in [0.15, 0.2) is 11.5 Å². The first kappa shape index (κ1) is 22.6. The molecule has 0 saturated carbocycles. The lowest BCUT2D eigenvalue weighted by Crippen LogP contribution is -2.50. The molecule has 1 aliphatic heterocycles. The van der Waals surface area contributed by atoms with Crippen molar-refractivity contribution in [2.45, 2.75) is 44.1 Å². The Balaban J connectivity index is 1.43. The molecular formula is C24H30N2O5S. The number of nitrogens with zero attached hydrogens (tertiary/aromatic N) is 2. The van der Waals surface area contributed by atoms with Gasteiger partial charge in [0.25, 0.3) is 5.91 Å². The molecule has 1 saturated heterocycles. The van der Waals surface area contributed by atoms with Crippen LogP contribution in [0, 0.1) is 0 Å². The van der Waals surface area contributed by atoms with Gasteiger partial charge in [0.05, 0.1) is 18.1 Å². The van der Waals surface area contributed by atoms with E-state index in [-0.39, 0.29) is 25.1 Å². The second kappa shape index (κ2) is 9.11. The van der Waals surface area contributed by atoms with Gasteiger partial charge >= 0.3 is 0 Å². The Hall–Kier alpha value is -2.58. The number of sulfonamides is 1. The molecule has 32 heavy (non-hydrogen) atoms. The predicted molar refractivity (Wildman–Crippen MR) is 122 cm³/mol. The Bertz CT molecular complexity index is 1110.